The minimum atomic E-state index is -0.607. The molecule has 0 rings (SSSR count). The second-order valence-corrected chi connectivity index (χ2v) is 7.31. The molecule has 0 N–H and O–H groups in total. The fourth-order valence-electron chi connectivity index (χ4n) is 2.94. The standard InChI is InChI=1S/C19H33NO2S2/c1-3-4-5-6-7-8-9-10-11-12-17(15-23)19(2,16-20)14-13-18(21)22-24/h15,17,24H,3-14H2,1-2H3. The van der Waals surface area contributed by atoms with Crippen molar-refractivity contribution in [2.75, 3.05) is 0 Å². The number of carbonyl (C=O) groups excluding carboxylic acids is 1. The molecule has 0 amide bonds. The first-order valence-electron chi connectivity index (χ1n) is 9.24. The number of hydrogen-bond acceptors (Lipinski definition) is 5. The molecule has 5 heteroatoms. The Bertz CT molecular complexity index is 395. The van der Waals surface area contributed by atoms with E-state index >= 15 is 0 Å². The Kier molecular flexibility index (Phi) is 14.4. The minimum absolute atomic E-state index is 0.0368. The van der Waals surface area contributed by atoms with Gasteiger partial charge in [0.1, 0.15) is 0 Å². The molecule has 0 aliphatic rings. The molecule has 2 atom stereocenters. The third-order valence-corrected chi connectivity index (χ3v) is 5.34. The highest BCUT2D eigenvalue weighted by atomic mass is 32.1. The predicted octanol–water partition coefficient (Wildman–Crippen LogP) is 6.22. The number of hydrogen-bond donors (Lipinski definition) is 1. The van der Waals surface area contributed by atoms with Crippen LogP contribution < -0.4 is 0 Å². The van der Waals surface area contributed by atoms with E-state index in [1.807, 2.05) is 6.92 Å². The average Bonchev–Trinajstić information content (AvgIpc) is 2.61. The molecule has 0 bridgehead atoms. The van der Waals surface area contributed by atoms with E-state index in [-0.39, 0.29) is 12.3 Å². The SMILES string of the molecule is CCCCCCCCCCCC(C=S)C(C)(C#N)CCC(=O)OS. The van der Waals surface area contributed by atoms with Crippen molar-refractivity contribution in [1.82, 2.24) is 0 Å². The van der Waals surface area contributed by atoms with Crippen LogP contribution in [0.1, 0.15) is 90.9 Å². The van der Waals surface area contributed by atoms with Crippen LogP contribution in [0.4, 0.5) is 0 Å². The first kappa shape index (κ1) is 23.4. The summed E-state index contributed by atoms with van der Waals surface area (Å²) in [6, 6.07) is 2.36. The Morgan fingerprint density at radius 2 is 1.75 bits per heavy atom. The smallest absolute Gasteiger partial charge is 0.317 e. The molecular formula is C19H33NO2S2. The fraction of sp³-hybridized carbons (Fsp3) is 0.842. The van der Waals surface area contributed by atoms with E-state index < -0.39 is 11.4 Å². The van der Waals surface area contributed by atoms with Gasteiger partial charge < -0.3 is 4.18 Å². The molecule has 0 aromatic heterocycles. The Hall–Kier alpha value is -0.600. The molecule has 138 valence electrons. The molecule has 0 spiro atoms. The van der Waals surface area contributed by atoms with E-state index in [0.29, 0.717) is 6.42 Å². The number of carbonyl (C=O) groups is 1. The zero-order valence-corrected chi connectivity index (χ0v) is 17.0. The van der Waals surface area contributed by atoms with Gasteiger partial charge in [0.2, 0.25) is 0 Å². The number of thiol groups is 1. The Morgan fingerprint density at radius 1 is 1.21 bits per heavy atom. The third kappa shape index (κ3) is 10.3. The summed E-state index contributed by atoms with van der Waals surface area (Å²) < 4.78 is 4.37. The molecule has 0 aliphatic heterocycles. The molecule has 0 radical (unpaired) electrons. The van der Waals surface area contributed by atoms with Crippen molar-refractivity contribution in [1.29, 1.82) is 5.26 Å². The van der Waals surface area contributed by atoms with Crippen molar-refractivity contribution in [3.8, 4) is 6.07 Å². The van der Waals surface area contributed by atoms with Gasteiger partial charge in [-0.25, -0.2) is 0 Å². The van der Waals surface area contributed by atoms with Gasteiger partial charge in [-0.3, -0.25) is 4.79 Å². The summed E-state index contributed by atoms with van der Waals surface area (Å²) in [4.78, 5) is 11.3. The van der Waals surface area contributed by atoms with Gasteiger partial charge in [0.15, 0.2) is 0 Å². The molecule has 0 aliphatic carbocycles. The average molecular weight is 372 g/mol. The zero-order chi connectivity index (χ0) is 18.3. The van der Waals surface area contributed by atoms with E-state index in [0.717, 1.165) is 12.8 Å². The van der Waals surface area contributed by atoms with Crippen LogP contribution in [0.5, 0.6) is 0 Å². The van der Waals surface area contributed by atoms with Crippen LogP contribution in [0, 0.1) is 22.7 Å². The molecule has 3 nitrogen and oxygen atoms in total. The van der Waals surface area contributed by atoms with Crippen LogP contribution >= 0.6 is 25.1 Å². The Labute approximate surface area is 159 Å². The van der Waals surface area contributed by atoms with Crippen molar-refractivity contribution >= 4 is 36.5 Å². The summed E-state index contributed by atoms with van der Waals surface area (Å²) in [5.74, 6) is -0.360. The van der Waals surface area contributed by atoms with Gasteiger partial charge in [-0.2, -0.15) is 5.26 Å². The van der Waals surface area contributed by atoms with E-state index in [1.54, 1.807) is 5.37 Å². The van der Waals surface area contributed by atoms with Crippen LogP contribution in [0.3, 0.4) is 0 Å². The summed E-state index contributed by atoms with van der Waals surface area (Å²) in [7, 11) is 0. The maximum atomic E-state index is 11.3. The van der Waals surface area contributed by atoms with Crippen LogP contribution in [0.2, 0.25) is 0 Å². The zero-order valence-electron chi connectivity index (χ0n) is 15.3. The highest BCUT2D eigenvalue weighted by Gasteiger charge is 2.33. The lowest BCUT2D eigenvalue weighted by molar-refractivity contribution is -0.133. The van der Waals surface area contributed by atoms with E-state index in [4.69, 9.17) is 12.2 Å². The second-order valence-electron chi connectivity index (χ2n) is 6.85. The lowest BCUT2D eigenvalue weighted by Gasteiger charge is -2.28. The maximum Gasteiger partial charge on any atom is 0.317 e. The molecule has 0 aromatic carbocycles. The lowest BCUT2D eigenvalue weighted by Crippen LogP contribution is -2.27. The predicted molar refractivity (Wildman–Crippen MR) is 107 cm³/mol. The molecule has 0 heterocycles. The second kappa shape index (κ2) is 14.7. The summed E-state index contributed by atoms with van der Waals surface area (Å²) in [6.07, 6.45) is 13.1. The van der Waals surface area contributed by atoms with Crippen LogP contribution in [0.15, 0.2) is 0 Å². The summed E-state index contributed by atoms with van der Waals surface area (Å²) >= 11 is 8.65. The fourth-order valence-corrected chi connectivity index (χ4v) is 3.47. The Balaban J connectivity index is 4.04. The van der Waals surface area contributed by atoms with Crippen molar-refractivity contribution in [2.45, 2.75) is 90.9 Å². The monoisotopic (exact) mass is 371 g/mol. The number of nitriles is 1. The van der Waals surface area contributed by atoms with Crippen LogP contribution in [-0.2, 0) is 8.98 Å². The van der Waals surface area contributed by atoms with Crippen molar-refractivity contribution in [2.24, 2.45) is 11.3 Å². The summed E-state index contributed by atoms with van der Waals surface area (Å²) in [5, 5.41) is 11.2. The highest BCUT2D eigenvalue weighted by Crippen LogP contribution is 2.35. The van der Waals surface area contributed by atoms with Crippen molar-refractivity contribution in [3.05, 3.63) is 0 Å². The van der Waals surface area contributed by atoms with Gasteiger partial charge in [0, 0.05) is 25.2 Å². The Morgan fingerprint density at radius 3 is 2.21 bits per heavy atom. The molecule has 0 saturated heterocycles. The molecular weight excluding hydrogens is 338 g/mol. The first-order valence-corrected chi connectivity index (χ1v) is 10.1. The molecule has 24 heavy (non-hydrogen) atoms. The number of thiocarbonyl (C=S) groups is 1. The van der Waals surface area contributed by atoms with Crippen LogP contribution in [0.25, 0.3) is 0 Å². The van der Waals surface area contributed by atoms with E-state index in [9.17, 15) is 10.1 Å². The number of unbranched alkanes of at least 4 members (excludes halogenated alkanes) is 8. The van der Waals surface area contributed by atoms with Crippen molar-refractivity contribution < 1.29 is 8.98 Å². The normalized spacial score (nSPS) is 14.4. The third-order valence-electron chi connectivity index (χ3n) is 4.81. The van der Waals surface area contributed by atoms with Gasteiger partial charge in [-0.1, -0.05) is 76.9 Å². The summed E-state index contributed by atoms with van der Waals surface area (Å²) in [5.41, 5.74) is -0.607. The van der Waals surface area contributed by atoms with E-state index in [2.05, 4.69) is 30.1 Å². The maximum absolute atomic E-state index is 11.3. The van der Waals surface area contributed by atoms with Gasteiger partial charge >= 0.3 is 5.97 Å². The molecule has 0 aromatic rings. The quantitative estimate of drug-likeness (QED) is 0.161. The number of rotatable bonds is 15. The van der Waals surface area contributed by atoms with Crippen LogP contribution in [-0.4, -0.2) is 11.3 Å². The molecule has 2 unspecified atom stereocenters. The minimum Gasteiger partial charge on any atom is -0.395 e. The largest absolute Gasteiger partial charge is 0.395 e. The topological polar surface area (TPSA) is 50.1 Å². The van der Waals surface area contributed by atoms with Gasteiger partial charge in [0.05, 0.1) is 11.5 Å². The highest BCUT2D eigenvalue weighted by molar-refractivity contribution is 7.79. The molecule has 0 saturated carbocycles. The lowest BCUT2D eigenvalue weighted by atomic mass is 9.73. The first-order chi connectivity index (χ1) is 11.5. The van der Waals surface area contributed by atoms with Crippen molar-refractivity contribution in [3.63, 3.8) is 0 Å². The van der Waals surface area contributed by atoms with Gasteiger partial charge in [-0.05, 0) is 25.1 Å². The van der Waals surface area contributed by atoms with Gasteiger partial charge in [-0.15, -0.1) is 0 Å². The van der Waals surface area contributed by atoms with E-state index in [1.165, 1.54) is 51.4 Å². The number of nitrogens with zero attached hydrogens (tertiary/aromatic N) is 1. The molecule has 0 fully saturated rings. The van der Waals surface area contributed by atoms with Gasteiger partial charge in [0.25, 0.3) is 0 Å². The summed E-state index contributed by atoms with van der Waals surface area (Å²) in [6.45, 7) is 4.13.